The van der Waals surface area contributed by atoms with Crippen molar-refractivity contribution in [2.75, 3.05) is 6.54 Å². The van der Waals surface area contributed by atoms with Crippen LogP contribution >= 0.6 is 0 Å². The zero-order valence-electron chi connectivity index (χ0n) is 16.2. The molecule has 0 unspecified atom stereocenters. The molecule has 1 aliphatic rings. The van der Waals surface area contributed by atoms with E-state index in [1.54, 1.807) is 11.1 Å². The minimum absolute atomic E-state index is 0.285. The molecule has 1 aliphatic heterocycles. The lowest BCUT2D eigenvalue weighted by Crippen LogP contribution is -2.50. The number of hydrogen-bond donors (Lipinski definition) is 0. The van der Waals surface area contributed by atoms with Crippen LogP contribution in [-0.4, -0.2) is 48.4 Å². The first-order valence-electron chi connectivity index (χ1n) is 8.97. The molecule has 0 bridgehead atoms. The highest BCUT2D eigenvalue weighted by molar-refractivity contribution is 5.69. The second kappa shape index (κ2) is 6.70. The Bertz CT molecular complexity index is 777. The number of rotatable bonds is 2. The van der Waals surface area contributed by atoms with Crippen molar-refractivity contribution in [3.05, 3.63) is 41.7 Å². The molecule has 3 rings (SSSR count). The molecule has 0 saturated heterocycles. The monoisotopic (exact) mass is 357 g/mol. The molecule has 140 valence electrons. The van der Waals surface area contributed by atoms with Crippen LogP contribution in [0.3, 0.4) is 0 Å². The van der Waals surface area contributed by atoms with Gasteiger partial charge in [-0.05, 0) is 46.8 Å². The normalized spacial score (nSPS) is 16.7. The van der Waals surface area contributed by atoms with Crippen LogP contribution in [0, 0.1) is 0 Å². The van der Waals surface area contributed by atoms with E-state index in [-0.39, 0.29) is 6.09 Å². The van der Waals surface area contributed by atoms with Gasteiger partial charge in [-0.2, -0.15) is 0 Å². The van der Waals surface area contributed by atoms with Gasteiger partial charge in [0.1, 0.15) is 17.2 Å². The van der Waals surface area contributed by atoms with Crippen molar-refractivity contribution in [2.45, 2.75) is 65.1 Å². The zero-order chi connectivity index (χ0) is 18.9. The molecule has 3 heterocycles. The van der Waals surface area contributed by atoms with Crippen LogP contribution in [0.15, 0.2) is 24.4 Å². The summed E-state index contributed by atoms with van der Waals surface area (Å²) in [5, 5.41) is 8.75. The van der Waals surface area contributed by atoms with Gasteiger partial charge in [-0.3, -0.25) is 4.98 Å². The summed E-state index contributed by atoms with van der Waals surface area (Å²) in [5.74, 6) is 1.77. The Hall–Kier alpha value is -2.44. The van der Waals surface area contributed by atoms with Gasteiger partial charge in [0.25, 0.3) is 0 Å². The van der Waals surface area contributed by atoms with Crippen LogP contribution < -0.4 is 0 Å². The van der Waals surface area contributed by atoms with Gasteiger partial charge >= 0.3 is 6.09 Å². The zero-order valence-corrected chi connectivity index (χ0v) is 16.2. The van der Waals surface area contributed by atoms with Gasteiger partial charge in [-0.25, -0.2) is 4.79 Å². The smallest absolute Gasteiger partial charge is 0.410 e. The Kier molecular flexibility index (Phi) is 4.73. The lowest BCUT2D eigenvalue weighted by molar-refractivity contribution is 0.00405. The van der Waals surface area contributed by atoms with Crippen LogP contribution in [0.25, 0.3) is 0 Å². The molecule has 0 atom stereocenters. The Labute approximate surface area is 154 Å². The maximum atomic E-state index is 12.7. The topological polar surface area (TPSA) is 73.1 Å². The lowest BCUT2D eigenvalue weighted by atomic mass is 9.98. The third kappa shape index (κ3) is 4.03. The van der Waals surface area contributed by atoms with Gasteiger partial charge in [0, 0.05) is 36.9 Å². The summed E-state index contributed by atoms with van der Waals surface area (Å²) in [7, 11) is 0. The standard InChI is InChI=1S/C19H27N5O2/c1-18(2,3)26-17(25)24-11-10-23-15(12-14-8-6-7-9-20-14)21-22-16(23)13-19(24,4)5/h6-9H,10-13H2,1-5H3. The van der Waals surface area contributed by atoms with Gasteiger partial charge in [0.05, 0.1) is 6.42 Å². The van der Waals surface area contributed by atoms with E-state index in [0.29, 0.717) is 25.9 Å². The van der Waals surface area contributed by atoms with Crippen LogP contribution in [0.5, 0.6) is 0 Å². The van der Waals surface area contributed by atoms with Crippen molar-refractivity contribution >= 4 is 6.09 Å². The van der Waals surface area contributed by atoms with Gasteiger partial charge in [0.15, 0.2) is 0 Å². The lowest BCUT2D eigenvalue weighted by Gasteiger charge is -2.37. The molecule has 0 aromatic carbocycles. The second-order valence-electron chi connectivity index (χ2n) is 8.30. The number of carbonyl (C=O) groups is 1. The highest BCUT2D eigenvalue weighted by Crippen LogP contribution is 2.26. The average Bonchev–Trinajstić information content (AvgIpc) is 2.81. The number of amides is 1. The summed E-state index contributed by atoms with van der Waals surface area (Å²) < 4.78 is 7.71. The highest BCUT2D eigenvalue weighted by atomic mass is 16.6. The van der Waals surface area contributed by atoms with E-state index in [2.05, 4.69) is 19.7 Å². The number of nitrogens with zero attached hydrogens (tertiary/aromatic N) is 5. The van der Waals surface area contributed by atoms with Gasteiger partial charge in [-0.1, -0.05) is 6.07 Å². The number of hydrogen-bond acceptors (Lipinski definition) is 5. The molecule has 26 heavy (non-hydrogen) atoms. The third-order valence-corrected chi connectivity index (χ3v) is 4.45. The fraction of sp³-hybridized carbons (Fsp3) is 0.579. The van der Waals surface area contributed by atoms with Crippen LogP contribution in [-0.2, 0) is 24.1 Å². The number of ether oxygens (including phenoxy) is 1. The molecule has 0 saturated carbocycles. The van der Waals surface area contributed by atoms with Crippen molar-refractivity contribution in [1.29, 1.82) is 0 Å². The van der Waals surface area contributed by atoms with E-state index in [1.165, 1.54) is 0 Å². The second-order valence-corrected chi connectivity index (χ2v) is 8.30. The van der Waals surface area contributed by atoms with Crippen LogP contribution in [0.1, 0.15) is 52.0 Å². The molecule has 2 aromatic rings. The van der Waals surface area contributed by atoms with E-state index in [9.17, 15) is 4.79 Å². The first-order valence-corrected chi connectivity index (χ1v) is 8.97. The fourth-order valence-corrected chi connectivity index (χ4v) is 3.20. The molecule has 0 fully saturated rings. The Balaban J connectivity index is 1.82. The van der Waals surface area contributed by atoms with Gasteiger partial charge < -0.3 is 14.2 Å². The number of carbonyl (C=O) groups excluding carboxylic acids is 1. The fourth-order valence-electron chi connectivity index (χ4n) is 3.20. The minimum Gasteiger partial charge on any atom is -0.444 e. The number of aromatic nitrogens is 4. The van der Waals surface area contributed by atoms with E-state index >= 15 is 0 Å². The average molecular weight is 357 g/mol. The molecule has 2 aromatic heterocycles. The SMILES string of the molecule is CC(C)(C)OC(=O)N1CCn2c(Cc3ccccn3)nnc2CC1(C)C. The Morgan fingerprint density at radius 3 is 2.65 bits per heavy atom. The Morgan fingerprint density at radius 1 is 1.23 bits per heavy atom. The maximum Gasteiger partial charge on any atom is 0.410 e. The van der Waals surface area contributed by atoms with Crippen molar-refractivity contribution in [1.82, 2.24) is 24.6 Å². The van der Waals surface area contributed by atoms with Crippen molar-refractivity contribution in [3.63, 3.8) is 0 Å². The molecule has 0 radical (unpaired) electrons. The van der Waals surface area contributed by atoms with Crippen molar-refractivity contribution < 1.29 is 9.53 Å². The van der Waals surface area contributed by atoms with Gasteiger partial charge in [-0.15, -0.1) is 10.2 Å². The molecule has 1 amide bonds. The first kappa shape index (κ1) is 18.4. The summed E-state index contributed by atoms with van der Waals surface area (Å²) in [6, 6.07) is 5.85. The molecule has 7 nitrogen and oxygen atoms in total. The van der Waals surface area contributed by atoms with E-state index in [4.69, 9.17) is 4.74 Å². The molecule has 0 spiro atoms. The van der Waals surface area contributed by atoms with Crippen LogP contribution in [0.2, 0.25) is 0 Å². The highest BCUT2D eigenvalue weighted by Gasteiger charge is 2.38. The summed E-state index contributed by atoms with van der Waals surface area (Å²) in [4.78, 5) is 18.9. The molecular weight excluding hydrogens is 330 g/mol. The van der Waals surface area contributed by atoms with Crippen molar-refractivity contribution in [3.8, 4) is 0 Å². The van der Waals surface area contributed by atoms with E-state index in [1.807, 2.05) is 52.8 Å². The number of fused-ring (bicyclic) bond motifs is 1. The maximum absolute atomic E-state index is 12.7. The summed E-state index contributed by atoms with van der Waals surface area (Å²) in [5.41, 5.74) is 0.0418. The molecule has 0 N–H and O–H groups in total. The summed E-state index contributed by atoms with van der Waals surface area (Å²) in [6.45, 7) is 10.9. The minimum atomic E-state index is -0.515. The third-order valence-electron chi connectivity index (χ3n) is 4.45. The molecule has 7 heteroatoms. The van der Waals surface area contributed by atoms with Crippen molar-refractivity contribution in [2.24, 2.45) is 0 Å². The predicted octanol–water partition coefficient (Wildman–Crippen LogP) is 2.84. The predicted molar refractivity (Wildman–Crippen MR) is 97.8 cm³/mol. The number of pyridine rings is 1. The quantitative estimate of drug-likeness (QED) is 0.826. The van der Waals surface area contributed by atoms with Gasteiger partial charge in [0.2, 0.25) is 0 Å². The molecular formula is C19H27N5O2. The Morgan fingerprint density at radius 2 is 2.00 bits per heavy atom. The summed E-state index contributed by atoms with van der Waals surface area (Å²) in [6.07, 6.45) is 2.75. The van der Waals surface area contributed by atoms with E-state index in [0.717, 1.165) is 17.3 Å². The summed E-state index contributed by atoms with van der Waals surface area (Å²) >= 11 is 0. The van der Waals surface area contributed by atoms with E-state index < -0.39 is 11.1 Å². The first-order chi connectivity index (χ1) is 12.2. The largest absolute Gasteiger partial charge is 0.444 e. The van der Waals surface area contributed by atoms with Crippen LogP contribution in [0.4, 0.5) is 4.79 Å². The molecule has 0 aliphatic carbocycles.